The van der Waals surface area contributed by atoms with Gasteiger partial charge in [0.2, 0.25) is 0 Å². The summed E-state index contributed by atoms with van der Waals surface area (Å²) in [6.07, 6.45) is 0. The number of nitrogens with zero attached hydrogens (tertiary/aromatic N) is 4. The minimum Gasteiger partial charge on any atom is -0.382 e. The molecule has 0 aliphatic rings. The lowest BCUT2D eigenvalue weighted by Gasteiger charge is -2.05. The Kier molecular flexibility index (Phi) is 4.05. The molecule has 0 saturated carbocycles. The Labute approximate surface area is 117 Å². The molecular weight excluding hydrogens is 252 g/mol. The van der Waals surface area contributed by atoms with Gasteiger partial charge in [0.15, 0.2) is 0 Å². The maximum Gasteiger partial charge on any atom is 0.144 e. The number of hydrogen-bond acceptors (Lipinski definition) is 4. The zero-order valence-electron chi connectivity index (χ0n) is 11.4. The maximum atomic E-state index is 5.77. The molecule has 0 aliphatic heterocycles. The molecule has 0 fully saturated rings. The Morgan fingerprint density at radius 2 is 1.20 bits per heavy atom. The highest BCUT2D eigenvalue weighted by atomic mass is 14.9. The molecular formula is C14H16N6. The van der Waals surface area contributed by atoms with Crippen molar-refractivity contribution < 1.29 is 0 Å². The highest BCUT2D eigenvalue weighted by Gasteiger charge is 2.07. The molecule has 2 aromatic heterocycles. The van der Waals surface area contributed by atoms with Gasteiger partial charge in [-0.1, -0.05) is 12.1 Å². The van der Waals surface area contributed by atoms with Gasteiger partial charge < -0.3 is 11.5 Å². The van der Waals surface area contributed by atoms with Crippen LogP contribution in [0.15, 0.2) is 46.4 Å². The van der Waals surface area contributed by atoms with Crippen LogP contribution in [0.25, 0.3) is 11.4 Å². The van der Waals surface area contributed by atoms with E-state index in [1.54, 1.807) is 26.2 Å². The lowest BCUT2D eigenvalue weighted by Crippen LogP contribution is -2.16. The number of pyridine rings is 2. The van der Waals surface area contributed by atoms with E-state index in [2.05, 4.69) is 20.0 Å². The summed E-state index contributed by atoms with van der Waals surface area (Å²) in [4.78, 5) is 16.7. The van der Waals surface area contributed by atoms with E-state index in [1.807, 2.05) is 24.3 Å². The SMILES string of the molecule is CN=C(N)c1cccc(-c2cccc(C(N)=NC)n2)n1. The van der Waals surface area contributed by atoms with Crippen LogP contribution in [0, 0.1) is 0 Å². The van der Waals surface area contributed by atoms with E-state index in [4.69, 9.17) is 11.5 Å². The Balaban J connectivity index is 2.47. The normalized spacial score (nSPS) is 12.5. The van der Waals surface area contributed by atoms with Crippen molar-refractivity contribution in [1.82, 2.24) is 9.97 Å². The fourth-order valence-corrected chi connectivity index (χ4v) is 1.67. The number of nitrogens with two attached hydrogens (primary N) is 2. The first-order valence-corrected chi connectivity index (χ1v) is 6.05. The third-order valence-electron chi connectivity index (χ3n) is 2.77. The molecule has 2 rings (SSSR count). The molecule has 6 nitrogen and oxygen atoms in total. The first-order valence-electron chi connectivity index (χ1n) is 6.05. The largest absolute Gasteiger partial charge is 0.382 e. The number of hydrogen-bond donors (Lipinski definition) is 2. The molecule has 0 amide bonds. The van der Waals surface area contributed by atoms with Crippen LogP contribution in [0.5, 0.6) is 0 Å². The lowest BCUT2D eigenvalue weighted by atomic mass is 10.2. The fourth-order valence-electron chi connectivity index (χ4n) is 1.67. The van der Waals surface area contributed by atoms with Crippen LogP contribution in [0.1, 0.15) is 11.4 Å². The van der Waals surface area contributed by atoms with Crippen molar-refractivity contribution in [2.24, 2.45) is 21.5 Å². The zero-order valence-corrected chi connectivity index (χ0v) is 11.4. The number of rotatable bonds is 3. The molecule has 2 aromatic rings. The summed E-state index contributed by atoms with van der Waals surface area (Å²) < 4.78 is 0. The molecule has 0 atom stereocenters. The van der Waals surface area contributed by atoms with Crippen molar-refractivity contribution >= 4 is 11.7 Å². The molecule has 0 aliphatic carbocycles. The third kappa shape index (κ3) is 2.80. The van der Waals surface area contributed by atoms with Crippen molar-refractivity contribution in [2.45, 2.75) is 0 Å². The maximum absolute atomic E-state index is 5.77. The summed E-state index contributed by atoms with van der Waals surface area (Å²) in [5, 5.41) is 0. The van der Waals surface area contributed by atoms with Gasteiger partial charge >= 0.3 is 0 Å². The van der Waals surface area contributed by atoms with Gasteiger partial charge in [-0.25, -0.2) is 9.97 Å². The first kappa shape index (κ1) is 13.7. The molecule has 20 heavy (non-hydrogen) atoms. The Morgan fingerprint density at radius 1 is 0.800 bits per heavy atom. The minimum atomic E-state index is 0.387. The summed E-state index contributed by atoms with van der Waals surface area (Å²) in [6, 6.07) is 11.0. The molecule has 0 spiro atoms. The predicted octanol–water partition coefficient (Wildman–Crippen LogP) is 0.814. The van der Waals surface area contributed by atoms with E-state index >= 15 is 0 Å². The van der Waals surface area contributed by atoms with Crippen LogP contribution < -0.4 is 11.5 Å². The monoisotopic (exact) mass is 268 g/mol. The van der Waals surface area contributed by atoms with Gasteiger partial charge in [-0.05, 0) is 24.3 Å². The second-order valence-corrected chi connectivity index (χ2v) is 4.03. The fraction of sp³-hybridized carbons (Fsp3) is 0.143. The molecule has 102 valence electrons. The van der Waals surface area contributed by atoms with Crippen LogP contribution in [0.3, 0.4) is 0 Å². The Hall–Kier alpha value is -2.76. The van der Waals surface area contributed by atoms with Crippen LogP contribution in [0.4, 0.5) is 0 Å². The summed E-state index contributed by atoms with van der Waals surface area (Å²) in [6.45, 7) is 0. The van der Waals surface area contributed by atoms with Crippen molar-refractivity contribution in [1.29, 1.82) is 0 Å². The number of amidine groups is 2. The van der Waals surface area contributed by atoms with Gasteiger partial charge in [0, 0.05) is 14.1 Å². The second-order valence-electron chi connectivity index (χ2n) is 4.03. The minimum absolute atomic E-state index is 0.387. The predicted molar refractivity (Wildman–Crippen MR) is 80.8 cm³/mol. The van der Waals surface area contributed by atoms with Crippen molar-refractivity contribution in [3.63, 3.8) is 0 Å². The highest BCUT2D eigenvalue weighted by Crippen LogP contribution is 2.15. The molecule has 0 saturated heterocycles. The van der Waals surface area contributed by atoms with Gasteiger partial charge in [-0.3, -0.25) is 9.98 Å². The van der Waals surface area contributed by atoms with Crippen molar-refractivity contribution in [2.75, 3.05) is 14.1 Å². The summed E-state index contributed by atoms with van der Waals surface area (Å²) in [7, 11) is 3.25. The quantitative estimate of drug-likeness (QED) is 0.635. The van der Waals surface area contributed by atoms with Gasteiger partial charge in [0.1, 0.15) is 23.1 Å². The smallest absolute Gasteiger partial charge is 0.144 e. The average Bonchev–Trinajstić information content (AvgIpc) is 2.53. The van der Waals surface area contributed by atoms with E-state index in [0.29, 0.717) is 34.4 Å². The average molecular weight is 268 g/mol. The van der Waals surface area contributed by atoms with Crippen LogP contribution in [-0.4, -0.2) is 35.7 Å². The van der Waals surface area contributed by atoms with Gasteiger partial charge in [0.25, 0.3) is 0 Å². The van der Waals surface area contributed by atoms with E-state index in [0.717, 1.165) is 0 Å². The van der Waals surface area contributed by atoms with Crippen LogP contribution in [0.2, 0.25) is 0 Å². The second kappa shape index (κ2) is 5.92. The topological polar surface area (TPSA) is 103 Å². The van der Waals surface area contributed by atoms with Gasteiger partial charge in [-0.15, -0.1) is 0 Å². The van der Waals surface area contributed by atoms with E-state index in [-0.39, 0.29) is 0 Å². The first-order chi connectivity index (χ1) is 9.65. The van der Waals surface area contributed by atoms with Crippen LogP contribution in [-0.2, 0) is 0 Å². The third-order valence-corrected chi connectivity index (χ3v) is 2.77. The highest BCUT2D eigenvalue weighted by molar-refractivity contribution is 5.96. The van der Waals surface area contributed by atoms with Crippen LogP contribution >= 0.6 is 0 Å². The summed E-state index contributed by atoms with van der Waals surface area (Å²) in [5.74, 6) is 0.773. The number of aromatic nitrogens is 2. The molecule has 0 aromatic carbocycles. The summed E-state index contributed by atoms with van der Waals surface area (Å²) >= 11 is 0. The van der Waals surface area contributed by atoms with E-state index < -0.39 is 0 Å². The standard InChI is InChI=1S/C14H16N6/c1-17-13(15)11-7-3-5-9(19-11)10-6-4-8-12(20-10)14(16)18-2/h3-8H,1-2H3,(H2,15,17)(H2,16,18). The van der Waals surface area contributed by atoms with Crippen molar-refractivity contribution in [3.8, 4) is 11.4 Å². The van der Waals surface area contributed by atoms with E-state index in [9.17, 15) is 0 Å². The molecule has 0 radical (unpaired) electrons. The number of aliphatic imine (C=N–C) groups is 2. The molecule has 0 bridgehead atoms. The lowest BCUT2D eigenvalue weighted by molar-refractivity contribution is 1.20. The molecule has 6 heteroatoms. The molecule has 0 unspecified atom stereocenters. The van der Waals surface area contributed by atoms with Gasteiger partial charge in [-0.2, -0.15) is 0 Å². The van der Waals surface area contributed by atoms with Crippen molar-refractivity contribution in [3.05, 3.63) is 47.8 Å². The molecule has 2 heterocycles. The zero-order chi connectivity index (χ0) is 14.5. The Bertz CT molecular complexity index is 615. The Morgan fingerprint density at radius 3 is 1.55 bits per heavy atom. The summed E-state index contributed by atoms with van der Waals surface area (Å²) in [5.41, 5.74) is 14.2. The van der Waals surface area contributed by atoms with E-state index in [1.165, 1.54) is 0 Å². The molecule has 4 N–H and O–H groups in total. The van der Waals surface area contributed by atoms with Gasteiger partial charge in [0.05, 0.1) is 11.4 Å².